The maximum atomic E-state index is 11.7. The zero-order valence-corrected chi connectivity index (χ0v) is 11.8. The Balaban J connectivity index is 1.71. The molecule has 2 amide bonds. The molecule has 0 atom stereocenters. The number of rotatable bonds is 5. The zero-order valence-electron chi connectivity index (χ0n) is 11.0. The molecule has 0 aliphatic heterocycles. The van der Waals surface area contributed by atoms with E-state index < -0.39 is 5.91 Å². The molecular formula is C13H15N3O3S. The zero-order chi connectivity index (χ0) is 14.4. The minimum atomic E-state index is -0.483. The van der Waals surface area contributed by atoms with E-state index in [4.69, 9.17) is 4.42 Å². The van der Waals surface area contributed by atoms with Crippen LogP contribution in [0.15, 0.2) is 39.6 Å². The van der Waals surface area contributed by atoms with E-state index in [9.17, 15) is 9.59 Å². The monoisotopic (exact) mass is 293 g/mol. The molecule has 0 radical (unpaired) electrons. The summed E-state index contributed by atoms with van der Waals surface area (Å²) in [6, 6.07) is 5.13. The van der Waals surface area contributed by atoms with Crippen LogP contribution in [0.2, 0.25) is 0 Å². The smallest absolute Gasteiger partial charge is 0.305 e. The molecule has 0 aliphatic rings. The molecule has 20 heavy (non-hydrogen) atoms. The first-order valence-electron chi connectivity index (χ1n) is 5.97. The number of likely N-dealkylation sites (N-methyl/N-ethyl adjacent to an activating group) is 1. The van der Waals surface area contributed by atoms with Crippen LogP contribution in [-0.2, 0) is 11.3 Å². The summed E-state index contributed by atoms with van der Waals surface area (Å²) in [7, 11) is 1.84. The van der Waals surface area contributed by atoms with Crippen LogP contribution < -0.4 is 10.9 Å². The molecule has 2 aromatic rings. The fourth-order valence-corrected chi connectivity index (χ4v) is 2.29. The minimum absolute atomic E-state index is 0.150. The number of nitrogens with one attached hydrogen (secondary N) is 2. The van der Waals surface area contributed by atoms with Crippen molar-refractivity contribution in [3.05, 3.63) is 46.5 Å². The Kier molecular flexibility index (Phi) is 4.91. The van der Waals surface area contributed by atoms with Crippen molar-refractivity contribution in [1.29, 1.82) is 0 Å². The highest BCUT2D eigenvalue weighted by atomic mass is 32.1. The second-order valence-corrected chi connectivity index (χ2v) is 5.06. The van der Waals surface area contributed by atoms with Crippen molar-refractivity contribution in [3.63, 3.8) is 0 Å². The Hall–Kier alpha value is -2.12. The Morgan fingerprint density at radius 1 is 1.35 bits per heavy atom. The van der Waals surface area contributed by atoms with Crippen molar-refractivity contribution < 1.29 is 14.0 Å². The highest BCUT2D eigenvalue weighted by Crippen LogP contribution is 2.07. The van der Waals surface area contributed by atoms with Crippen molar-refractivity contribution in [2.75, 3.05) is 13.6 Å². The van der Waals surface area contributed by atoms with Gasteiger partial charge >= 0.3 is 5.91 Å². The predicted molar refractivity (Wildman–Crippen MR) is 75.0 cm³/mol. The van der Waals surface area contributed by atoms with Crippen LogP contribution in [0.4, 0.5) is 0 Å². The third-order valence-corrected chi connectivity index (χ3v) is 3.24. The van der Waals surface area contributed by atoms with Gasteiger partial charge in [-0.2, -0.15) is 11.3 Å². The second kappa shape index (κ2) is 6.88. The Morgan fingerprint density at radius 3 is 2.85 bits per heavy atom. The van der Waals surface area contributed by atoms with Crippen LogP contribution in [0.3, 0.4) is 0 Å². The molecule has 0 aromatic carbocycles. The summed E-state index contributed by atoms with van der Waals surface area (Å²) in [5.41, 5.74) is 5.79. The summed E-state index contributed by atoms with van der Waals surface area (Å²) in [5, 5.41) is 4.03. The number of furan rings is 1. The summed E-state index contributed by atoms with van der Waals surface area (Å²) in [4.78, 5) is 25.0. The summed E-state index contributed by atoms with van der Waals surface area (Å²) in [6.45, 7) is 0.872. The number of hydrazine groups is 1. The quantitative estimate of drug-likeness (QED) is 0.813. The minimum Gasteiger partial charge on any atom is -0.459 e. The molecule has 2 rings (SSSR count). The molecule has 2 aromatic heterocycles. The van der Waals surface area contributed by atoms with Gasteiger partial charge in [0.05, 0.1) is 12.8 Å². The Bertz CT molecular complexity index is 551. The molecule has 0 fully saturated rings. The number of carbonyl (C=O) groups excluding carboxylic acids is 2. The SMILES string of the molecule is CN(CC(=O)NNC(=O)c1ccco1)Cc1ccsc1. The van der Waals surface area contributed by atoms with E-state index in [1.54, 1.807) is 17.4 Å². The van der Waals surface area contributed by atoms with Crippen molar-refractivity contribution in [2.45, 2.75) is 6.54 Å². The first-order valence-corrected chi connectivity index (χ1v) is 6.92. The third-order valence-electron chi connectivity index (χ3n) is 2.51. The van der Waals surface area contributed by atoms with Crippen LogP contribution in [0, 0.1) is 0 Å². The van der Waals surface area contributed by atoms with Gasteiger partial charge in [-0.3, -0.25) is 25.3 Å². The van der Waals surface area contributed by atoms with Gasteiger partial charge in [-0.25, -0.2) is 0 Å². The van der Waals surface area contributed by atoms with E-state index in [2.05, 4.69) is 10.9 Å². The average molecular weight is 293 g/mol. The molecule has 0 saturated heterocycles. The number of hydrogen-bond acceptors (Lipinski definition) is 5. The predicted octanol–water partition coefficient (Wildman–Crippen LogP) is 1.23. The van der Waals surface area contributed by atoms with Gasteiger partial charge < -0.3 is 4.42 Å². The largest absolute Gasteiger partial charge is 0.459 e. The standard InChI is InChI=1S/C13H15N3O3S/c1-16(7-10-4-6-20-9-10)8-12(17)14-15-13(18)11-3-2-5-19-11/h2-6,9H,7-8H2,1H3,(H,14,17)(H,15,18). The lowest BCUT2D eigenvalue weighted by Crippen LogP contribution is -2.45. The van der Waals surface area contributed by atoms with E-state index in [-0.39, 0.29) is 18.2 Å². The van der Waals surface area contributed by atoms with Crippen molar-refractivity contribution in [1.82, 2.24) is 15.8 Å². The number of nitrogens with zero attached hydrogens (tertiary/aromatic N) is 1. The topological polar surface area (TPSA) is 74.6 Å². The van der Waals surface area contributed by atoms with E-state index in [1.807, 2.05) is 28.8 Å². The molecular weight excluding hydrogens is 278 g/mol. The van der Waals surface area contributed by atoms with Gasteiger partial charge in [-0.15, -0.1) is 0 Å². The van der Waals surface area contributed by atoms with Crippen LogP contribution in [0.25, 0.3) is 0 Å². The molecule has 0 spiro atoms. The van der Waals surface area contributed by atoms with E-state index in [0.29, 0.717) is 6.54 Å². The third kappa shape index (κ3) is 4.22. The van der Waals surface area contributed by atoms with Crippen molar-refractivity contribution >= 4 is 23.2 Å². The molecule has 2 heterocycles. The van der Waals surface area contributed by atoms with Gasteiger partial charge in [0.25, 0.3) is 5.91 Å². The summed E-state index contributed by atoms with van der Waals surface area (Å²) in [6.07, 6.45) is 1.39. The molecule has 0 bridgehead atoms. The summed E-state index contributed by atoms with van der Waals surface area (Å²) >= 11 is 1.62. The van der Waals surface area contributed by atoms with Crippen LogP contribution in [0.1, 0.15) is 16.1 Å². The highest BCUT2D eigenvalue weighted by molar-refractivity contribution is 7.07. The number of carbonyl (C=O) groups is 2. The maximum absolute atomic E-state index is 11.7. The van der Waals surface area contributed by atoms with E-state index >= 15 is 0 Å². The lowest BCUT2D eigenvalue weighted by Gasteiger charge is -2.15. The van der Waals surface area contributed by atoms with Gasteiger partial charge in [-0.05, 0) is 41.6 Å². The fourth-order valence-electron chi connectivity index (χ4n) is 1.63. The van der Waals surface area contributed by atoms with Crippen LogP contribution in [0.5, 0.6) is 0 Å². The van der Waals surface area contributed by atoms with Gasteiger partial charge in [0.2, 0.25) is 0 Å². The van der Waals surface area contributed by atoms with E-state index in [1.165, 1.54) is 12.3 Å². The van der Waals surface area contributed by atoms with Crippen molar-refractivity contribution in [2.24, 2.45) is 0 Å². The van der Waals surface area contributed by atoms with E-state index in [0.717, 1.165) is 5.56 Å². The number of hydrogen-bond donors (Lipinski definition) is 2. The summed E-state index contributed by atoms with van der Waals surface area (Å²) < 4.78 is 4.91. The first kappa shape index (κ1) is 14.3. The normalized spacial score (nSPS) is 10.5. The Labute approximate surface area is 120 Å². The van der Waals surface area contributed by atoms with Gasteiger partial charge in [0.1, 0.15) is 0 Å². The molecule has 2 N–H and O–H groups in total. The van der Waals surface area contributed by atoms with Crippen LogP contribution >= 0.6 is 11.3 Å². The lowest BCUT2D eigenvalue weighted by molar-refractivity contribution is -0.122. The molecule has 7 heteroatoms. The van der Waals surface area contributed by atoms with Crippen molar-refractivity contribution in [3.8, 4) is 0 Å². The number of amides is 2. The van der Waals surface area contributed by atoms with Gasteiger partial charge in [-0.1, -0.05) is 0 Å². The van der Waals surface area contributed by atoms with Gasteiger partial charge in [0.15, 0.2) is 5.76 Å². The molecule has 6 nitrogen and oxygen atoms in total. The van der Waals surface area contributed by atoms with Crippen LogP contribution in [-0.4, -0.2) is 30.3 Å². The maximum Gasteiger partial charge on any atom is 0.305 e. The number of thiophene rings is 1. The summed E-state index contributed by atoms with van der Waals surface area (Å²) in [5.74, 6) is -0.622. The Morgan fingerprint density at radius 2 is 2.20 bits per heavy atom. The fraction of sp³-hybridized carbons (Fsp3) is 0.231. The highest BCUT2D eigenvalue weighted by Gasteiger charge is 2.11. The molecule has 0 unspecified atom stereocenters. The second-order valence-electron chi connectivity index (χ2n) is 4.28. The molecule has 0 aliphatic carbocycles. The molecule has 0 saturated carbocycles. The first-order chi connectivity index (χ1) is 9.65. The van der Waals surface area contributed by atoms with Gasteiger partial charge in [0, 0.05) is 6.54 Å². The average Bonchev–Trinajstić information content (AvgIpc) is 3.08. The molecule has 106 valence electrons. The lowest BCUT2D eigenvalue weighted by atomic mass is 10.3.